The first kappa shape index (κ1) is 24.9. The number of nitrogens with zero attached hydrogens (tertiary/aromatic N) is 4. The van der Waals surface area contributed by atoms with E-state index < -0.39 is 11.9 Å². The zero-order valence-corrected chi connectivity index (χ0v) is 20.7. The second-order valence-electron chi connectivity index (χ2n) is 8.44. The molecule has 4 aromatic rings. The SMILES string of the molecule is O=C(O)c1cccc(Oc2ccc(NC3=NCC(c4ccccn4)C(=O)N3Cc3ccc(Cl)cc3)cc2)n1. The summed E-state index contributed by atoms with van der Waals surface area (Å²) in [7, 11) is 0. The van der Waals surface area contributed by atoms with Crippen LogP contribution in [-0.4, -0.2) is 44.4 Å². The van der Waals surface area contributed by atoms with E-state index in [9.17, 15) is 9.59 Å². The molecular formula is C28H22ClN5O4. The van der Waals surface area contributed by atoms with Crippen LogP contribution in [0.2, 0.25) is 5.02 Å². The third-order valence-electron chi connectivity index (χ3n) is 5.82. The number of carboxylic acids is 1. The minimum absolute atomic E-state index is 0.106. The normalized spacial score (nSPS) is 15.1. The number of guanidine groups is 1. The number of halogens is 1. The predicted molar refractivity (Wildman–Crippen MR) is 143 cm³/mol. The van der Waals surface area contributed by atoms with Gasteiger partial charge in [-0.3, -0.25) is 19.7 Å². The Balaban J connectivity index is 1.35. The maximum Gasteiger partial charge on any atom is 0.354 e. The van der Waals surface area contributed by atoms with Crippen LogP contribution >= 0.6 is 11.6 Å². The van der Waals surface area contributed by atoms with E-state index in [1.54, 1.807) is 59.6 Å². The Kier molecular flexibility index (Phi) is 7.28. The molecule has 2 aromatic heterocycles. The van der Waals surface area contributed by atoms with Crippen molar-refractivity contribution in [2.45, 2.75) is 12.5 Å². The molecule has 1 aliphatic rings. The van der Waals surface area contributed by atoms with E-state index in [-0.39, 0.29) is 24.0 Å². The Morgan fingerprint density at radius 2 is 1.82 bits per heavy atom. The average molecular weight is 528 g/mol. The highest BCUT2D eigenvalue weighted by atomic mass is 35.5. The van der Waals surface area contributed by atoms with Crippen molar-refractivity contribution in [1.29, 1.82) is 0 Å². The number of amides is 1. The van der Waals surface area contributed by atoms with Crippen LogP contribution in [0.4, 0.5) is 5.69 Å². The summed E-state index contributed by atoms with van der Waals surface area (Å²) in [4.78, 5) is 39.4. The van der Waals surface area contributed by atoms with Crippen molar-refractivity contribution < 1.29 is 19.4 Å². The molecule has 3 heterocycles. The molecular weight excluding hydrogens is 506 g/mol. The van der Waals surface area contributed by atoms with Gasteiger partial charge in [-0.15, -0.1) is 0 Å². The topological polar surface area (TPSA) is 117 Å². The first-order valence-corrected chi connectivity index (χ1v) is 12.1. The summed E-state index contributed by atoms with van der Waals surface area (Å²) in [5.41, 5.74) is 2.15. The Morgan fingerprint density at radius 3 is 2.53 bits per heavy atom. The summed E-state index contributed by atoms with van der Waals surface area (Å²) in [5.74, 6) is -0.671. The monoisotopic (exact) mass is 527 g/mol. The third kappa shape index (κ3) is 5.79. The molecule has 38 heavy (non-hydrogen) atoms. The second-order valence-corrected chi connectivity index (χ2v) is 8.88. The van der Waals surface area contributed by atoms with Crippen molar-refractivity contribution >= 4 is 35.1 Å². The van der Waals surface area contributed by atoms with Crippen molar-refractivity contribution in [1.82, 2.24) is 14.9 Å². The molecule has 1 unspecified atom stereocenters. The van der Waals surface area contributed by atoms with Gasteiger partial charge in [0, 0.05) is 23.0 Å². The minimum Gasteiger partial charge on any atom is -0.477 e. The van der Waals surface area contributed by atoms with Crippen LogP contribution in [-0.2, 0) is 11.3 Å². The number of hydrogen-bond donors (Lipinski definition) is 2. The molecule has 10 heteroatoms. The molecule has 0 saturated carbocycles. The van der Waals surface area contributed by atoms with Crippen molar-refractivity contribution in [3.8, 4) is 11.6 Å². The van der Waals surface area contributed by atoms with Gasteiger partial charge in [0.25, 0.3) is 0 Å². The predicted octanol–water partition coefficient (Wildman–Crippen LogP) is 5.21. The Hall–Kier alpha value is -4.76. The lowest BCUT2D eigenvalue weighted by Gasteiger charge is -2.32. The summed E-state index contributed by atoms with van der Waals surface area (Å²) in [6.45, 7) is 0.569. The maximum atomic E-state index is 13.6. The lowest BCUT2D eigenvalue weighted by Crippen LogP contribution is -2.47. The Labute approximate surface area is 223 Å². The fourth-order valence-electron chi connectivity index (χ4n) is 3.91. The maximum absolute atomic E-state index is 13.6. The first-order valence-electron chi connectivity index (χ1n) is 11.7. The van der Waals surface area contributed by atoms with Crippen molar-refractivity contribution in [3.63, 3.8) is 0 Å². The highest BCUT2D eigenvalue weighted by molar-refractivity contribution is 6.30. The number of carbonyl (C=O) groups is 2. The highest BCUT2D eigenvalue weighted by Crippen LogP contribution is 2.26. The smallest absolute Gasteiger partial charge is 0.354 e. The van der Waals surface area contributed by atoms with Crippen molar-refractivity contribution in [2.24, 2.45) is 4.99 Å². The second kappa shape index (κ2) is 11.1. The lowest BCUT2D eigenvalue weighted by atomic mass is 10.0. The van der Waals surface area contributed by atoms with E-state index in [2.05, 4.69) is 15.3 Å². The molecule has 5 rings (SSSR count). The average Bonchev–Trinajstić information content (AvgIpc) is 2.93. The van der Waals surface area contributed by atoms with Gasteiger partial charge in [0.2, 0.25) is 17.7 Å². The number of benzene rings is 2. The molecule has 9 nitrogen and oxygen atoms in total. The van der Waals surface area contributed by atoms with Crippen LogP contribution in [0.25, 0.3) is 0 Å². The summed E-state index contributed by atoms with van der Waals surface area (Å²) >= 11 is 6.04. The number of carboxylic acid groups (broad SMARTS) is 1. The number of aliphatic imine (C=N–C) groups is 1. The van der Waals surface area contributed by atoms with Crippen LogP contribution in [0.3, 0.4) is 0 Å². The number of nitrogens with one attached hydrogen (secondary N) is 1. The fraction of sp³-hybridized carbons (Fsp3) is 0.107. The third-order valence-corrected chi connectivity index (χ3v) is 6.07. The summed E-state index contributed by atoms with van der Waals surface area (Å²) in [6.07, 6.45) is 1.67. The number of ether oxygens (including phenoxy) is 1. The van der Waals surface area contributed by atoms with Gasteiger partial charge in [-0.1, -0.05) is 35.9 Å². The number of rotatable bonds is 7. The summed E-state index contributed by atoms with van der Waals surface area (Å²) < 4.78 is 5.69. The van der Waals surface area contributed by atoms with E-state index >= 15 is 0 Å². The Morgan fingerprint density at radius 1 is 1.03 bits per heavy atom. The molecule has 0 fully saturated rings. The minimum atomic E-state index is -1.13. The quantitative estimate of drug-likeness (QED) is 0.338. The van der Waals surface area contributed by atoms with Gasteiger partial charge in [0.15, 0.2) is 5.69 Å². The van der Waals surface area contributed by atoms with Crippen LogP contribution < -0.4 is 10.1 Å². The van der Waals surface area contributed by atoms with Gasteiger partial charge >= 0.3 is 5.97 Å². The van der Waals surface area contributed by atoms with E-state index in [4.69, 9.17) is 26.4 Å². The summed E-state index contributed by atoms with van der Waals surface area (Å²) in [5, 5.41) is 13.0. The van der Waals surface area contributed by atoms with Crippen LogP contribution in [0, 0.1) is 0 Å². The van der Waals surface area contributed by atoms with Crippen molar-refractivity contribution in [2.75, 3.05) is 11.9 Å². The number of aromatic nitrogens is 2. The van der Waals surface area contributed by atoms with E-state index in [1.165, 1.54) is 6.07 Å². The summed E-state index contributed by atoms with van der Waals surface area (Å²) in [6, 6.07) is 24.3. The lowest BCUT2D eigenvalue weighted by molar-refractivity contribution is -0.129. The van der Waals surface area contributed by atoms with Gasteiger partial charge in [-0.05, 0) is 60.2 Å². The molecule has 0 saturated heterocycles. The van der Waals surface area contributed by atoms with Gasteiger partial charge in [0.05, 0.1) is 18.8 Å². The zero-order chi connectivity index (χ0) is 26.5. The number of aromatic carboxylic acids is 1. The van der Waals surface area contributed by atoms with Crippen LogP contribution in [0.5, 0.6) is 11.6 Å². The van der Waals surface area contributed by atoms with Crippen LogP contribution in [0.15, 0.2) is 96.1 Å². The number of pyridine rings is 2. The van der Waals surface area contributed by atoms with Crippen molar-refractivity contribution in [3.05, 3.63) is 113 Å². The Bertz CT molecular complexity index is 1480. The molecule has 190 valence electrons. The molecule has 0 aliphatic carbocycles. The number of anilines is 1. The first-order chi connectivity index (χ1) is 18.5. The fourth-order valence-corrected chi connectivity index (χ4v) is 4.04. The van der Waals surface area contributed by atoms with Gasteiger partial charge < -0.3 is 15.2 Å². The molecule has 1 atom stereocenters. The molecule has 2 N–H and O–H groups in total. The number of hydrogen-bond acceptors (Lipinski definition) is 7. The van der Waals surface area contributed by atoms with Gasteiger partial charge in [-0.25, -0.2) is 9.78 Å². The molecule has 0 spiro atoms. The highest BCUT2D eigenvalue weighted by Gasteiger charge is 2.34. The van der Waals surface area contributed by atoms with E-state index in [0.717, 1.165) is 5.56 Å². The van der Waals surface area contributed by atoms with E-state index in [1.807, 2.05) is 30.3 Å². The molecule has 1 aliphatic heterocycles. The molecule has 0 radical (unpaired) electrons. The molecule has 1 amide bonds. The number of carbonyl (C=O) groups excluding carboxylic acids is 1. The largest absolute Gasteiger partial charge is 0.477 e. The van der Waals surface area contributed by atoms with E-state index in [0.29, 0.717) is 34.7 Å². The zero-order valence-electron chi connectivity index (χ0n) is 20.0. The van der Waals surface area contributed by atoms with Crippen LogP contribution in [0.1, 0.15) is 27.7 Å². The standard InChI is InChI=1S/C28H22ClN5O4/c29-19-9-7-18(8-10-19)17-34-26(35)22(23-4-1-2-15-30-23)16-31-28(34)32-20-11-13-21(14-12-20)38-25-6-3-5-24(33-25)27(36)37/h1-15,22H,16-17H2,(H,31,32)(H,36,37). The van der Waals surface area contributed by atoms with Gasteiger partial charge in [0.1, 0.15) is 11.7 Å². The molecule has 0 bridgehead atoms. The van der Waals surface area contributed by atoms with Gasteiger partial charge in [-0.2, -0.15) is 0 Å². The molecule has 2 aromatic carbocycles.